The normalized spacial score (nSPS) is 14.2. The van der Waals surface area contributed by atoms with Gasteiger partial charge in [-0.05, 0) is 36.6 Å². The van der Waals surface area contributed by atoms with Crippen molar-refractivity contribution in [3.63, 3.8) is 0 Å². The molecule has 1 aromatic heterocycles. The number of ether oxygens (including phenoxy) is 1. The van der Waals surface area contributed by atoms with Crippen LogP contribution in [0, 0.1) is 0 Å². The second-order valence-corrected chi connectivity index (χ2v) is 5.04. The molecule has 0 amide bonds. The van der Waals surface area contributed by atoms with Crippen molar-refractivity contribution in [2.24, 2.45) is 0 Å². The van der Waals surface area contributed by atoms with Gasteiger partial charge in [-0.2, -0.15) is 5.10 Å². The Balaban J connectivity index is 1.86. The number of aromatic carboxylic acids is 1. The van der Waals surface area contributed by atoms with Crippen molar-refractivity contribution in [1.82, 2.24) is 9.78 Å². The third-order valence-electron chi connectivity index (χ3n) is 3.51. The van der Waals surface area contributed by atoms with Gasteiger partial charge in [-0.1, -0.05) is 12.1 Å². The highest BCUT2D eigenvalue weighted by atomic mass is 16.5. The molecule has 5 heteroatoms. The Kier molecular flexibility index (Phi) is 3.18. The number of carbonyl (C=O) groups is 1. The summed E-state index contributed by atoms with van der Waals surface area (Å²) < 4.78 is 6.68. The fourth-order valence-electron chi connectivity index (χ4n) is 2.21. The lowest BCUT2D eigenvalue weighted by molar-refractivity contribution is 0.0684. The van der Waals surface area contributed by atoms with Gasteiger partial charge in [-0.3, -0.25) is 4.68 Å². The average Bonchev–Trinajstić information content (AvgIpc) is 3.21. The van der Waals surface area contributed by atoms with Crippen LogP contribution in [0.5, 0.6) is 5.75 Å². The van der Waals surface area contributed by atoms with Crippen molar-refractivity contribution < 1.29 is 14.6 Å². The van der Waals surface area contributed by atoms with Gasteiger partial charge in [0, 0.05) is 5.92 Å². The van der Waals surface area contributed by atoms with Crippen LogP contribution in [0.25, 0.3) is 0 Å². The van der Waals surface area contributed by atoms with E-state index in [1.54, 1.807) is 17.9 Å². The van der Waals surface area contributed by atoms with E-state index in [0.717, 1.165) is 29.8 Å². The topological polar surface area (TPSA) is 64.4 Å². The number of carboxylic acid groups (broad SMARTS) is 1. The minimum Gasteiger partial charge on any atom is -0.497 e. The first-order chi connectivity index (χ1) is 9.67. The van der Waals surface area contributed by atoms with E-state index in [1.807, 2.05) is 24.3 Å². The van der Waals surface area contributed by atoms with Crippen LogP contribution in [-0.4, -0.2) is 28.0 Å². The minimum absolute atomic E-state index is 0.253. The van der Waals surface area contributed by atoms with E-state index in [4.69, 9.17) is 4.74 Å². The average molecular weight is 272 g/mol. The molecule has 0 unspecified atom stereocenters. The SMILES string of the molecule is COc1ccc(Cn2nc(C3CC3)cc2C(=O)O)cc1. The lowest BCUT2D eigenvalue weighted by atomic mass is 10.2. The van der Waals surface area contributed by atoms with Gasteiger partial charge in [0.15, 0.2) is 0 Å². The zero-order valence-electron chi connectivity index (χ0n) is 11.2. The van der Waals surface area contributed by atoms with Gasteiger partial charge in [-0.25, -0.2) is 4.79 Å². The van der Waals surface area contributed by atoms with Crippen molar-refractivity contribution in [3.8, 4) is 5.75 Å². The highest BCUT2D eigenvalue weighted by Gasteiger charge is 2.28. The summed E-state index contributed by atoms with van der Waals surface area (Å²) in [5.41, 5.74) is 2.15. The second kappa shape index (κ2) is 5.00. The Morgan fingerprint density at radius 3 is 2.65 bits per heavy atom. The summed E-state index contributed by atoms with van der Waals surface area (Å²) in [5, 5.41) is 13.7. The quantitative estimate of drug-likeness (QED) is 0.908. The molecule has 1 fully saturated rings. The molecule has 1 N–H and O–H groups in total. The minimum atomic E-state index is -0.932. The summed E-state index contributed by atoms with van der Waals surface area (Å²) >= 11 is 0. The highest BCUT2D eigenvalue weighted by molar-refractivity contribution is 5.85. The first-order valence-electron chi connectivity index (χ1n) is 6.61. The predicted molar refractivity (Wildman–Crippen MR) is 73.3 cm³/mol. The predicted octanol–water partition coefficient (Wildman–Crippen LogP) is 2.52. The maximum Gasteiger partial charge on any atom is 0.354 e. The van der Waals surface area contributed by atoms with Crippen LogP contribution in [0.2, 0.25) is 0 Å². The molecule has 1 aliphatic rings. The van der Waals surface area contributed by atoms with Crippen molar-refractivity contribution in [2.75, 3.05) is 7.11 Å². The fourth-order valence-corrected chi connectivity index (χ4v) is 2.21. The van der Waals surface area contributed by atoms with E-state index in [0.29, 0.717) is 12.5 Å². The third-order valence-corrected chi connectivity index (χ3v) is 3.51. The molecule has 0 spiro atoms. The summed E-state index contributed by atoms with van der Waals surface area (Å²) in [4.78, 5) is 11.3. The van der Waals surface area contributed by atoms with Crippen LogP contribution in [0.15, 0.2) is 30.3 Å². The number of benzene rings is 1. The zero-order chi connectivity index (χ0) is 14.1. The van der Waals surface area contributed by atoms with E-state index in [2.05, 4.69) is 5.10 Å². The van der Waals surface area contributed by atoms with Crippen molar-refractivity contribution in [3.05, 3.63) is 47.3 Å². The van der Waals surface area contributed by atoms with Gasteiger partial charge < -0.3 is 9.84 Å². The molecule has 0 bridgehead atoms. The zero-order valence-corrected chi connectivity index (χ0v) is 11.2. The monoisotopic (exact) mass is 272 g/mol. The second-order valence-electron chi connectivity index (χ2n) is 5.04. The van der Waals surface area contributed by atoms with Gasteiger partial charge in [-0.15, -0.1) is 0 Å². The molecule has 1 saturated carbocycles. The van der Waals surface area contributed by atoms with Gasteiger partial charge in [0.25, 0.3) is 0 Å². The Labute approximate surface area is 116 Å². The number of carboxylic acids is 1. The van der Waals surface area contributed by atoms with Crippen LogP contribution in [0.3, 0.4) is 0 Å². The number of methoxy groups -OCH3 is 1. The van der Waals surface area contributed by atoms with E-state index < -0.39 is 5.97 Å². The maximum atomic E-state index is 11.3. The molecule has 1 aromatic carbocycles. The Bertz CT molecular complexity index is 627. The van der Waals surface area contributed by atoms with Gasteiger partial charge in [0.1, 0.15) is 11.4 Å². The third kappa shape index (κ3) is 2.52. The molecule has 0 atom stereocenters. The first-order valence-corrected chi connectivity index (χ1v) is 6.61. The van der Waals surface area contributed by atoms with Crippen molar-refractivity contribution in [2.45, 2.75) is 25.3 Å². The van der Waals surface area contributed by atoms with E-state index in [-0.39, 0.29) is 5.69 Å². The highest BCUT2D eigenvalue weighted by Crippen LogP contribution is 2.39. The van der Waals surface area contributed by atoms with E-state index in [9.17, 15) is 9.90 Å². The lowest BCUT2D eigenvalue weighted by Gasteiger charge is -2.06. The number of aromatic nitrogens is 2. The summed E-state index contributed by atoms with van der Waals surface area (Å²) in [6, 6.07) is 9.26. The van der Waals surface area contributed by atoms with E-state index >= 15 is 0 Å². The molecular weight excluding hydrogens is 256 g/mol. The Morgan fingerprint density at radius 2 is 2.10 bits per heavy atom. The number of nitrogens with zero attached hydrogens (tertiary/aromatic N) is 2. The van der Waals surface area contributed by atoms with Gasteiger partial charge in [0.2, 0.25) is 0 Å². The van der Waals surface area contributed by atoms with Gasteiger partial charge >= 0.3 is 5.97 Å². The molecule has 1 aliphatic carbocycles. The first kappa shape index (κ1) is 12.7. The molecule has 0 radical (unpaired) electrons. The molecule has 104 valence electrons. The van der Waals surface area contributed by atoms with Crippen LogP contribution < -0.4 is 4.74 Å². The Hall–Kier alpha value is -2.30. The van der Waals surface area contributed by atoms with Gasteiger partial charge in [0.05, 0.1) is 19.3 Å². The van der Waals surface area contributed by atoms with Crippen LogP contribution >= 0.6 is 0 Å². The number of hydrogen-bond acceptors (Lipinski definition) is 3. The summed E-state index contributed by atoms with van der Waals surface area (Å²) in [6.45, 7) is 0.457. The van der Waals surface area contributed by atoms with Crippen LogP contribution in [0.4, 0.5) is 0 Å². The molecule has 0 aliphatic heterocycles. The van der Waals surface area contributed by atoms with Crippen LogP contribution in [-0.2, 0) is 6.54 Å². The summed E-state index contributed by atoms with van der Waals surface area (Å²) in [5.74, 6) is 0.300. The summed E-state index contributed by atoms with van der Waals surface area (Å²) in [6.07, 6.45) is 2.22. The molecule has 5 nitrogen and oxygen atoms in total. The fraction of sp³-hybridized carbons (Fsp3) is 0.333. The smallest absolute Gasteiger partial charge is 0.354 e. The van der Waals surface area contributed by atoms with Crippen molar-refractivity contribution in [1.29, 1.82) is 0 Å². The lowest BCUT2D eigenvalue weighted by Crippen LogP contribution is -2.10. The van der Waals surface area contributed by atoms with E-state index in [1.165, 1.54) is 0 Å². The molecular formula is C15H16N2O3. The van der Waals surface area contributed by atoms with Crippen molar-refractivity contribution >= 4 is 5.97 Å². The number of rotatable bonds is 5. The number of hydrogen-bond donors (Lipinski definition) is 1. The molecule has 1 heterocycles. The standard InChI is InChI=1S/C15H16N2O3/c1-20-12-6-2-10(3-7-12)9-17-14(15(18)19)8-13(16-17)11-4-5-11/h2-3,6-8,11H,4-5,9H2,1H3,(H,18,19). The largest absolute Gasteiger partial charge is 0.497 e. The maximum absolute atomic E-state index is 11.3. The molecule has 20 heavy (non-hydrogen) atoms. The van der Waals surface area contributed by atoms with Crippen LogP contribution in [0.1, 0.15) is 40.5 Å². The molecule has 2 aromatic rings. The summed E-state index contributed by atoms with van der Waals surface area (Å²) in [7, 11) is 1.62. The Morgan fingerprint density at radius 1 is 1.40 bits per heavy atom. The molecule has 3 rings (SSSR count). The molecule has 0 saturated heterocycles.